The maximum Gasteiger partial charge on any atom is 0.191 e. The molecule has 2 aromatic rings. The molecular weight excluding hydrogens is 431 g/mol. The van der Waals surface area contributed by atoms with Gasteiger partial charge in [-0.05, 0) is 31.5 Å². The van der Waals surface area contributed by atoms with Gasteiger partial charge in [-0.15, -0.1) is 35.3 Å². The fraction of sp³-hybridized carbons (Fsp3) is 0.333. The number of nitrogens with zero attached hydrogens (tertiary/aromatic N) is 2. The second-order valence-electron chi connectivity index (χ2n) is 4.71. The molecule has 2 rings (SSSR count). The average molecular weight is 451 g/mol. The summed E-state index contributed by atoms with van der Waals surface area (Å²) in [5.74, 6) is 0.755. The Balaban J connectivity index is 0.00000242. The molecule has 1 heterocycles. The summed E-state index contributed by atoms with van der Waals surface area (Å²) in [7, 11) is 1.76. The quantitative estimate of drug-likeness (QED) is 0.418. The predicted octanol–water partition coefficient (Wildman–Crippen LogP) is 4.15. The molecule has 0 amide bonds. The van der Waals surface area contributed by atoms with Gasteiger partial charge in [-0.3, -0.25) is 4.99 Å². The minimum atomic E-state index is 0. The number of guanidine groups is 1. The van der Waals surface area contributed by atoms with Crippen molar-refractivity contribution in [1.29, 1.82) is 0 Å². The minimum Gasteiger partial charge on any atom is -0.350 e. The standard InChI is InChI=1S/C15H19ClN4S.HI/c1-10-8-18-14(21-10)9-19-15(17-3)20-11(2)12-4-6-13(16)7-5-12;/h4-8,11H,9H2,1-3H3,(H2,17,19,20);1H. The summed E-state index contributed by atoms with van der Waals surface area (Å²) in [6.07, 6.45) is 1.88. The van der Waals surface area contributed by atoms with Gasteiger partial charge in [0.05, 0.1) is 12.6 Å². The number of hydrogen-bond donors (Lipinski definition) is 2. The monoisotopic (exact) mass is 450 g/mol. The molecule has 0 aliphatic heterocycles. The molecule has 0 fully saturated rings. The molecule has 4 nitrogen and oxygen atoms in total. The third kappa shape index (κ3) is 5.73. The molecule has 22 heavy (non-hydrogen) atoms. The molecule has 1 aromatic carbocycles. The van der Waals surface area contributed by atoms with Gasteiger partial charge in [-0.1, -0.05) is 23.7 Å². The van der Waals surface area contributed by atoms with Crippen molar-refractivity contribution in [3.8, 4) is 0 Å². The van der Waals surface area contributed by atoms with Crippen molar-refractivity contribution in [2.24, 2.45) is 4.99 Å². The molecule has 120 valence electrons. The van der Waals surface area contributed by atoms with Crippen LogP contribution >= 0.6 is 46.9 Å². The van der Waals surface area contributed by atoms with E-state index in [2.05, 4.69) is 34.5 Å². The second kappa shape index (κ2) is 9.32. The minimum absolute atomic E-state index is 0. The van der Waals surface area contributed by atoms with Crippen LogP contribution < -0.4 is 10.6 Å². The Labute approximate surface area is 157 Å². The maximum atomic E-state index is 5.91. The van der Waals surface area contributed by atoms with Gasteiger partial charge in [-0.2, -0.15) is 0 Å². The molecule has 0 bridgehead atoms. The maximum absolute atomic E-state index is 5.91. The van der Waals surface area contributed by atoms with Crippen molar-refractivity contribution in [3.05, 3.63) is 50.9 Å². The first-order valence-electron chi connectivity index (χ1n) is 6.72. The fourth-order valence-electron chi connectivity index (χ4n) is 1.88. The first-order valence-corrected chi connectivity index (χ1v) is 7.92. The molecule has 1 unspecified atom stereocenters. The van der Waals surface area contributed by atoms with Gasteiger partial charge in [0.2, 0.25) is 0 Å². The molecule has 1 atom stereocenters. The van der Waals surface area contributed by atoms with Gasteiger partial charge in [0.1, 0.15) is 5.01 Å². The summed E-state index contributed by atoms with van der Waals surface area (Å²) in [4.78, 5) is 9.78. The van der Waals surface area contributed by atoms with Crippen LogP contribution in [0.4, 0.5) is 0 Å². The lowest BCUT2D eigenvalue weighted by molar-refractivity contribution is 0.685. The van der Waals surface area contributed by atoms with Crippen LogP contribution in [0.1, 0.15) is 28.4 Å². The van der Waals surface area contributed by atoms with E-state index >= 15 is 0 Å². The number of aromatic nitrogens is 1. The molecule has 0 saturated carbocycles. The highest BCUT2D eigenvalue weighted by Gasteiger charge is 2.08. The molecule has 1 aromatic heterocycles. The summed E-state index contributed by atoms with van der Waals surface area (Å²) in [6.45, 7) is 4.81. The number of aryl methyl sites for hydroxylation is 1. The highest BCUT2D eigenvalue weighted by Crippen LogP contribution is 2.16. The number of hydrogen-bond acceptors (Lipinski definition) is 3. The van der Waals surface area contributed by atoms with Crippen molar-refractivity contribution < 1.29 is 0 Å². The largest absolute Gasteiger partial charge is 0.350 e. The number of benzene rings is 1. The van der Waals surface area contributed by atoms with E-state index in [1.807, 2.05) is 30.5 Å². The lowest BCUT2D eigenvalue weighted by Crippen LogP contribution is -2.38. The Bertz CT molecular complexity index is 612. The van der Waals surface area contributed by atoms with Crippen molar-refractivity contribution in [2.45, 2.75) is 26.4 Å². The number of thiazole rings is 1. The third-order valence-electron chi connectivity index (χ3n) is 3.02. The Kier molecular flexibility index (Phi) is 8.13. The van der Waals surface area contributed by atoms with E-state index in [9.17, 15) is 0 Å². The lowest BCUT2D eigenvalue weighted by Gasteiger charge is -2.18. The second-order valence-corrected chi connectivity index (χ2v) is 6.46. The van der Waals surface area contributed by atoms with Crippen LogP contribution in [0.2, 0.25) is 5.02 Å². The van der Waals surface area contributed by atoms with E-state index < -0.39 is 0 Å². The van der Waals surface area contributed by atoms with E-state index in [1.54, 1.807) is 18.4 Å². The Hall–Kier alpha value is -0.860. The molecule has 0 aliphatic carbocycles. The summed E-state index contributed by atoms with van der Waals surface area (Å²) in [5, 5.41) is 8.42. The van der Waals surface area contributed by atoms with Crippen molar-refractivity contribution in [3.63, 3.8) is 0 Å². The van der Waals surface area contributed by atoms with Gasteiger partial charge < -0.3 is 10.6 Å². The molecule has 7 heteroatoms. The van der Waals surface area contributed by atoms with Crippen LogP contribution in [0.15, 0.2) is 35.5 Å². The SMILES string of the molecule is CN=C(NCc1ncc(C)s1)NC(C)c1ccc(Cl)cc1.I. The average Bonchev–Trinajstić information content (AvgIpc) is 2.89. The first-order chi connectivity index (χ1) is 10.1. The van der Waals surface area contributed by atoms with E-state index in [0.717, 1.165) is 21.6 Å². The van der Waals surface area contributed by atoms with Crippen LogP contribution in [0.25, 0.3) is 0 Å². The van der Waals surface area contributed by atoms with Gasteiger partial charge in [-0.25, -0.2) is 4.98 Å². The number of rotatable bonds is 4. The molecule has 0 radical (unpaired) electrons. The zero-order valence-electron chi connectivity index (χ0n) is 12.8. The summed E-state index contributed by atoms with van der Waals surface area (Å²) in [6, 6.07) is 7.95. The summed E-state index contributed by atoms with van der Waals surface area (Å²) >= 11 is 7.59. The Morgan fingerprint density at radius 3 is 2.59 bits per heavy atom. The van der Waals surface area contributed by atoms with Crippen molar-refractivity contribution in [2.75, 3.05) is 7.05 Å². The smallest absolute Gasteiger partial charge is 0.191 e. The first kappa shape index (κ1) is 19.2. The zero-order valence-corrected chi connectivity index (χ0v) is 16.7. The fourth-order valence-corrected chi connectivity index (χ4v) is 2.73. The van der Waals surface area contributed by atoms with Gasteiger partial charge >= 0.3 is 0 Å². The van der Waals surface area contributed by atoms with Crippen LogP contribution in [-0.2, 0) is 6.54 Å². The lowest BCUT2D eigenvalue weighted by atomic mass is 10.1. The van der Waals surface area contributed by atoms with Gasteiger partial charge in [0.15, 0.2) is 5.96 Å². The van der Waals surface area contributed by atoms with Gasteiger partial charge in [0.25, 0.3) is 0 Å². The highest BCUT2D eigenvalue weighted by atomic mass is 127. The third-order valence-corrected chi connectivity index (χ3v) is 4.19. The predicted molar refractivity (Wildman–Crippen MR) is 105 cm³/mol. The molecule has 0 saturated heterocycles. The van der Waals surface area contributed by atoms with Crippen LogP contribution in [0.3, 0.4) is 0 Å². The van der Waals surface area contributed by atoms with E-state index in [1.165, 1.54) is 4.88 Å². The highest BCUT2D eigenvalue weighted by molar-refractivity contribution is 14.0. The molecule has 0 spiro atoms. The number of nitrogens with one attached hydrogen (secondary N) is 2. The van der Waals surface area contributed by atoms with Crippen molar-refractivity contribution >= 4 is 52.9 Å². The number of aliphatic imine (C=N–C) groups is 1. The normalized spacial score (nSPS) is 12.5. The summed E-state index contributed by atoms with van der Waals surface area (Å²) in [5.41, 5.74) is 1.16. The summed E-state index contributed by atoms with van der Waals surface area (Å²) < 4.78 is 0. The molecular formula is C15H20ClIN4S. The molecule has 2 N–H and O–H groups in total. The van der Waals surface area contributed by atoms with Crippen LogP contribution in [-0.4, -0.2) is 18.0 Å². The topological polar surface area (TPSA) is 49.3 Å². The zero-order chi connectivity index (χ0) is 15.2. The van der Waals surface area contributed by atoms with Crippen molar-refractivity contribution in [1.82, 2.24) is 15.6 Å². The Morgan fingerprint density at radius 1 is 1.36 bits per heavy atom. The van der Waals surface area contributed by atoms with Gasteiger partial charge in [0, 0.05) is 23.1 Å². The van der Waals surface area contributed by atoms with E-state index in [4.69, 9.17) is 11.6 Å². The van der Waals surface area contributed by atoms with Crippen LogP contribution in [0.5, 0.6) is 0 Å². The number of halogens is 2. The van der Waals surface area contributed by atoms with E-state index in [0.29, 0.717) is 6.54 Å². The Morgan fingerprint density at radius 2 is 2.05 bits per heavy atom. The molecule has 0 aliphatic rings. The van der Waals surface area contributed by atoms with Crippen LogP contribution in [0, 0.1) is 6.92 Å². The van der Waals surface area contributed by atoms with E-state index in [-0.39, 0.29) is 30.0 Å².